The highest BCUT2D eigenvalue weighted by Crippen LogP contribution is 2.51. The van der Waals surface area contributed by atoms with E-state index in [1.165, 1.54) is 35.0 Å². The Balaban J connectivity index is 1.20. The van der Waals surface area contributed by atoms with E-state index < -0.39 is 63.2 Å². The molecule has 6 unspecified atom stereocenters. The number of carbonyl (C=O) groups excluding carboxylic acids is 3. The summed E-state index contributed by atoms with van der Waals surface area (Å²) in [5, 5.41) is 14.7. The fraction of sp³-hybridized carbons (Fsp3) is 0.406. The lowest BCUT2D eigenvalue weighted by molar-refractivity contribution is -0.161. The summed E-state index contributed by atoms with van der Waals surface area (Å²) in [6.45, 7) is 3.48. The topological polar surface area (TPSA) is 138 Å². The number of carboxylic acids is 1. The van der Waals surface area contributed by atoms with E-state index >= 15 is 0 Å². The molecule has 6 atom stereocenters. The standard InChI is InChI=1S/C32H31FN4O6S/c1-32(2)26(31(42)43)37-29(41)23(30(37)44-32)35-28(40)22(15-8-4-3-5-9-15)34-27(39)20-14-36-21-11-7-6-10-17(21)18-12-16(33)13-19(24(18)36)25(20)38/h3-5,8-9,12-14,17,21-23,26,30H,6-7,10-11H2,1-2H3,(H,34,39)(H,35,40)(H,42,43). The van der Waals surface area contributed by atoms with Crippen LogP contribution in [0.25, 0.3) is 10.9 Å². The number of amides is 3. The molecule has 228 valence electrons. The third-order valence-electron chi connectivity index (χ3n) is 9.49. The lowest BCUT2D eigenvalue weighted by Crippen LogP contribution is -2.71. The van der Waals surface area contributed by atoms with Gasteiger partial charge < -0.3 is 25.2 Å². The third-order valence-corrected chi connectivity index (χ3v) is 11.1. The third kappa shape index (κ3) is 4.25. The number of β-lactam (4-membered cyclic amide) rings is 1. The summed E-state index contributed by atoms with van der Waals surface area (Å²) >= 11 is 1.30. The van der Waals surface area contributed by atoms with Gasteiger partial charge in [0, 0.05) is 28.3 Å². The number of rotatable bonds is 6. The van der Waals surface area contributed by atoms with Crippen molar-refractivity contribution in [3.8, 4) is 0 Å². The summed E-state index contributed by atoms with van der Waals surface area (Å²) < 4.78 is 15.9. The molecule has 1 saturated carbocycles. The van der Waals surface area contributed by atoms with Crippen LogP contribution in [0.2, 0.25) is 0 Å². The molecule has 3 N–H and O–H groups in total. The monoisotopic (exact) mass is 618 g/mol. The SMILES string of the molecule is CC1(C)SC2C(NC(=O)C(NC(=O)c3cn4c5c(cc(F)cc5c3=O)C3CCCCC34)c3ccccc3)C(=O)N2C1C(=O)O. The number of carbonyl (C=O) groups is 4. The largest absolute Gasteiger partial charge is 0.480 e. The van der Waals surface area contributed by atoms with Crippen LogP contribution < -0.4 is 16.1 Å². The summed E-state index contributed by atoms with van der Waals surface area (Å²) in [5.41, 5.74) is 1.07. The van der Waals surface area contributed by atoms with Gasteiger partial charge in [-0.25, -0.2) is 9.18 Å². The van der Waals surface area contributed by atoms with Gasteiger partial charge in [-0.2, -0.15) is 0 Å². The number of hydrogen-bond acceptors (Lipinski definition) is 6. The molecule has 7 rings (SSSR count). The minimum atomic E-state index is -1.26. The molecule has 1 aliphatic carbocycles. The summed E-state index contributed by atoms with van der Waals surface area (Å²) in [7, 11) is 0. The molecule has 2 saturated heterocycles. The van der Waals surface area contributed by atoms with E-state index in [0.717, 1.165) is 31.2 Å². The average Bonchev–Trinajstić information content (AvgIpc) is 3.45. The minimum absolute atomic E-state index is 0.0128. The summed E-state index contributed by atoms with van der Waals surface area (Å²) in [6, 6.07) is 7.85. The number of benzene rings is 2. The molecule has 3 aromatic rings. The van der Waals surface area contributed by atoms with Crippen molar-refractivity contribution in [3.63, 3.8) is 0 Å². The number of hydrogen-bond donors (Lipinski definition) is 3. The quantitative estimate of drug-likeness (QED) is 0.360. The Labute approximate surface area is 256 Å². The number of carboxylic acid groups (broad SMARTS) is 1. The Kier molecular flexibility index (Phi) is 6.61. The first-order valence-electron chi connectivity index (χ1n) is 14.7. The van der Waals surface area contributed by atoms with E-state index in [1.54, 1.807) is 44.2 Å². The van der Waals surface area contributed by atoms with Crippen molar-refractivity contribution in [3.05, 3.63) is 81.4 Å². The van der Waals surface area contributed by atoms with Crippen molar-refractivity contribution >= 4 is 46.4 Å². The Bertz CT molecular complexity index is 1810. The van der Waals surface area contributed by atoms with Crippen LogP contribution in [0.5, 0.6) is 0 Å². The normalized spacial score (nSPS) is 26.8. The molecule has 4 heterocycles. The highest BCUT2D eigenvalue weighted by molar-refractivity contribution is 8.01. The Morgan fingerprint density at radius 3 is 2.55 bits per heavy atom. The first kappa shape index (κ1) is 28.6. The van der Waals surface area contributed by atoms with Gasteiger partial charge in [0.05, 0.1) is 5.52 Å². The van der Waals surface area contributed by atoms with E-state index in [4.69, 9.17) is 0 Å². The van der Waals surface area contributed by atoms with Crippen LogP contribution in [-0.4, -0.2) is 60.5 Å². The van der Waals surface area contributed by atoms with Gasteiger partial charge in [-0.3, -0.25) is 19.2 Å². The molecule has 0 spiro atoms. The molecule has 3 fully saturated rings. The van der Waals surface area contributed by atoms with Crippen LogP contribution in [0.3, 0.4) is 0 Å². The number of fused-ring (bicyclic) bond motifs is 4. The summed E-state index contributed by atoms with van der Waals surface area (Å²) in [4.78, 5) is 67.4. The number of aliphatic carboxylic acids is 1. The Morgan fingerprint density at radius 1 is 1.09 bits per heavy atom. The molecule has 1 aromatic heterocycles. The van der Waals surface area contributed by atoms with Gasteiger partial charge >= 0.3 is 5.97 Å². The van der Waals surface area contributed by atoms with E-state index in [1.807, 2.05) is 4.57 Å². The lowest BCUT2D eigenvalue weighted by atomic mass is 9.82. The molecule has 4 aliphatic rings. The number of pyridine rings is 1. The highest BCUT2D eigenvalue weighted by Gasteiger charge is 2.64. The van der Waals surface area contributed by atoms with Crippen LogP contribution in [0.15, 0.2) is 53.5 Å². The lowest BCUT2D eigenvalue weighted by Gasteiger charge is -2.44. The number of aromatic nitrogens is 1. The van der Waals surface area contributed by atoms with Crippen molar-refractivity contribution in [2.75, 3.05) is 0 Å². The first-order valence-corrected chi connectivity index (χ1v) is 15.6. The second kappa shape index (κ2) is 10.2. The highest BCUT2D eigenvalue weighted by atomic mass is 32.2. The molecular formula is C32H31FN4O6S. The van der Waals surface area contributed by atoms with Gasteiger partial charge in [0.15, 0.2) is 0 Å². The van der Waals surface area contributed by atoms with Gasteiger partial charge in [-0.05, 0) is 49.9 Å². The van der Waals surface area contributed by atoms with Crippen LogP contribution in [0.1, 0.15) is 79.0 Å². The molecule has 3 amide bonds. The fourth-order valence-electron chi connectivity index (χ4n) is 7.54. The second-order valence-electron chi connectivity index (χ2n) is 12.5. The zero-order valence-corrected chi connectivity index (χ0v) is 24.9. The average molecular weight is 619 g/mol. The second-order valence-corrected chi connectivity index (χ2v) is 14.3. The van der Waals surface area contributed by atoms with Crippen LogP contribution in [-0.2, 0) is 14.4 Å². The van der Waals surface area contributed by atoms with Crippen molar-refractivity contribution in [2.24, 2.45) is 0 Å². The Morgan fingerprint density at radius 2 is 1.82 bits per heavy atom. The maximum Gasteiger partial charge on any atom is 0.327 e. The van der Waals surface area contributed by atoms with Crippen molar-refractivity contribution < 1.29 is 28.7 Å². The van der Waals surface area contributed by atoms with Gasteiger partial charge in [-0.1, -0.05) is 43.2 Å². The number of nitrogens with one attached hydrogen (secondary N) is 2. The van der Waals surface area contributed by atoms with Gasteiger partial charge in [0.25, 0.3) is 5.91 Å². The van der Waals surface area contributed by atoms with Crippen molar-refractivity contribution in [1.29, 1.82) is 0 Å². The van der Waals surface area contributed by atoms with Crippen molar-refractivity contribution in [1.82, 2.24) is 20.1 Å². The molecule has 3 aliphatic heterocycles. The van der Waals surface area contributed by atoms with Crippen LogP contribution in [0.4, 0.5) is 4.39 Å². The predicted molar refractivity (Wildman–Crippen MR) is 161 cm³/mol. The number of halogens is 1. The molecule has 10 nitrogen and oxygen atoms in total. The molecule has 44 heavy (non-hydrogen) atoms. The van der Waals surface area contributed by atoms with Gasteiger partial charge in [0.1, 0.15) is 34.9 Å². The molecule has 0 bridgehead atoms. The summed E-state index contributed by atoms with van der Waals surface area (Å²) in [5.74, 6) is -3.55. The van der Waals surface area contributed by atoms with Crippen LogP contribution >= 0.6 is 11.8 Å². The first-order chi connectivity index (χ1) is 21.0. The predicted octanol–water partition coefficient (Wildman–Crippen LogP) is 3.46. The molecular weight excluding hydrogens is 587 g/mol. The van der Waals surface area contributed by atoms with Crippen LogP contribution in [0, 0.1) is 5.82 Å². The molecule has 0 radical (unpaired) electrons. The van der Waals surface area contributed by atoms with E-state index in [2.05, 4.69) is 10.6 Å². The maximum absolute atomic E-state index is 14.8. The molecule has 12 heteroatoms. The number of thioether (sulfide) groups is 1. The zero-order chi connectivity index (χ0) is 31.1. The number of nitrogens with zero attached hydrogens (tertiary/aromatic N) is 2. The summed E-state index contributed by atoms with van der Waals surface area (Å²) in [6.07, 6.45) is 5.25. The maximum atomic E-state index is 14.8. The van der Waals surface area contributed by atoms with E-state index in [0.29, 0.717) is 11.1 Å². The zero-order valence-electron chi connectivity index (χ0n) is 24.1. The smallest absolute Gasteiger partial charge is 0.327 e. The molecule has 2 aromatic carbocycles. The van der Waals surface area contributed by atoms with E-state index in [9.17, 15) is 33.5 Å². The fourth-order valence-corrected chi connectivity index (χ4v) is 9.16. The van der Waals surface area contributed by atoms with E-state index in [-0.39, 0.29) is 22.9 Å². The minimum Gasteiger partial charge on any atom is -0.480 e. The Hall–Kier alpha value is -4.19. The van der Waals surface area contributed by atoms with Gasteiger partial charge in [0.2, 0.25) is 17.2 Å². The van der Waals surface area contributed by atoms with Crippen molar-refractivity contribution in [2.45, 2.75) is 79.7 Å². The van der Waals surface area contributed by atoms with Gasteiger partial charge in [-0.15, -0.1) is 11.8 Å².